The molecule has 0 saturated heterocycles. The number of carbonyl (C=O) groups excluding carboxylic acids is 2. The average Bonchev–Trinajstić information content (AvgIpc) is 2.94. The van der Waals surface area contributed by atoms with Gasteiger partial charge in [-0.25, -0.2) is 4.79 Å². The lowest BCUT2D eigenvalue weighted by atomic mass is 9.97. The highest BCUT2D eigenvalue weighted by Crippen LogP contribution is 2.39. The van der Waals surface area contributed by atoms with E-state index in [0.29, 0.717) is 39.8 Å². The number of benzene rings is 2. The van der Waals surface area contributed by atoms with E-state index < -0.39 is 18.0 Å². The van der Waals surface area contributed by atoms with Gasteiger partial charge in [0.1, 0.15) is 17.6 Å². The number of aliphatic hydroxyl groups is 1. The van der Waals surface area contributed by atoms with Crippen molar-refractivity contribution < 1.29 is 33.6 Å². The molecular weight excluding hydrogens is 545 g/mol. The van der Waals surface area contributed by atoms with Gasteiger partial charge in [-0.05, 0) is 43.7 Å². The van der Waals surface area contributed by atoms with Crippen LogP contribution >= 0.6 is 23.2 Å². The van der Waals surface area contributed by atoms with Crippen LogP contribution in [0.4, 0.5) is 5.69 Å². The third-order valence-electron chi connectivity index (χ3n) is 6.10. The summed E-state index contributed by atoms with van der Waals surface area (Å²) in [5, 5.41) is 12.1. The molecule has 8 nitrogen and oxygen atoms in total. The number of amides is 1. The normalized spacial score (nSPS) is 15.8. The summed E-state index contributed by atoms with van der Waals surface area (Å²) in [7, 11) is 4.62. The Bertz CT molecular complexity index is 1290. The van der Waals surface area contributed by atoms with Crippen LogP contribution in [-0.2, 0) is 23.8 Å². The van der Waals surface area contributed by atoms with Crippen LogP contribution in [0.2, 0.25) is 10.0 Å². The van der Waals surface area contributed by atoms with Crippen LogP contribution in [-0.4, -0.2) is 57.6 Å². The van der Waals surface area contributed by atoms with Crippen LogP contribution in [0.1, 0.15) is 30.6 Å². The summed E-state index contributed by atoms with van der Waals surface area (Å²) in [6.07, 6.45) is 5.09. The number of rotatable bonds is 11. The Balaban J connectivity index is 2.11. The molecular formula is C29H31Cl2NO7. The van der Waals surface area contributed by atoms with E-state index >= 15 is 0 Å². The molecule has 2 unspecified atom stereocenters. The molecule has 208 valence electrons. The quantitative estimate of drug-likeness (QED) is 0.282. The van der Waals surface area contributed by atoms with Gasteiger partial charge in [0, 0.05) is 41.0 Å². The number of nitrogens with zero attached hydrogens (tertiary/aromatic N) is 1. The standard InChI is InChI=1S/C29H31Cl2NO7/c1-5-39-27(34)14-13-26(33)32(17-18-9-11-20(36-2)16-25(18)38-4)23-12-10-19(30)15-22(23)29(35)21-7-6-8-24(37-3)28(21)31/h6-10,12-16,20,29,35H,5,11,17H2,1-4H3/b14-13+. The predicted molar refractivity (Wildman–Crippen MR) is 150 cm³/mol. The van der Waals surface area contributed by atoms with Crippen molar-refractivity contribution in [2.24, 2.45) is 0 Å². The highest BCUT2D eigenvalue weighted by Gasteiger charge is 2.27. The van der Waals surface area contributed by atoms with Gasteiger partial charge in [-0.3, -0.25) is 4.79 Å². The first-order valence-electron chi connectivity index (χ1n) is 12.2. The zero-order valence-corrected chi connectivity index (χ0v) is 23.7. The number of halogens is 2. The molecule has 2 aromatic carbocycles. The summed E-state index contributed by atoms with van der Waals surface area (Å²) in [6, 6.07) is 9.84. The molecule has 1 N–H and O–H groups in total. The summed E-state index contributed by atoms with van der Waals surface area (Å²) >= 11 is 12.9. The molecule has 0 spiro atoms. The fourth-order valence-corrected chi connectivity index (χ4v) is 4.62. The Morgan fingerprint density at radius 3 is 2.54 bits per heavy atom. The smallest absolute Gasteiger partial charge is 0.330 e. The molecule has 0 aliphatic heterocycles. The van der Waals surface area contributed by atoms with Crippen molar-refractivity contribution in [2.75, 3.05) is 39.4 Å². The van der Waals surface area contributed by atoms with Crippen LogP contribution in [0.3, 0.4) is 0 Å². The summed E-state index contributed by atoms with van der Waals surface area (Å²) < 4.78 is 21.2. The van der Waals surface area contributed by atoms with Gasteiger partial charge in [0.2, 0.25) is 0 Å². The first-order valence-corrected chi connectivity index (χ1v) is 12.9. The summed E-state index contributed by atoms with van der Waals surface area (Å²) in [4.78, 5) is 26.9. The van der Waals surface area contributed by atoms with E-state index in [2.05, 4.69) is 0 Å². The zero-order chi connectivity index (χ0) is 28.5. The van der Waals surface area contributed by atoms with Crippen LogP contribution in [0.15, 0.2) is 72.0 Å². The highest BCUT2D eigenvalue weighted by atomic mass is 35.5. The predicted octanol–water partition coefficient (Wildman–Crippen LogP) is 5.41. The number of aliphatic hydroxyl groups excluding tert-OH is 1. The second-order valence-corrected chi connectivity index (χ2v) is 9.27. The van der Waals surface area contributed by atoms with Crippen molar-refractivity contribution in [1.82, 2.24) is 0 Å². The van der Waals surface area contributed by atoms with E-state index in [9.17, 15) is 14.7 Å². The number of carbonyl (C=O) groups is 2. The minimum Gasteiger partial charge on any atom is -0.497 e. The molecule has 1 aliphatic rings. The molecule has 2 atom stereocenters. The largest absolute Gasteiger partial charge is 0.497 e. The third kappa shape index (κ3) is 7.42. The van der Waals surface area contributed by atoms with Crippen LogP contribution in [0, 0.1) is 0 Å². The topological polar surface area (TPSA) is 94.5 Å². The van der Waals surface area contributed by atoms with Crippen molar-refractivity contribution in [2.45, 2.75) is 25.6 Å². The molecule has 0 radical (unpaired) electrons. The Morgan fingerprint density at radius 2 is 1.87 bits per heavy atom. The Kier molecular flexibility index (Phi) is 11.0. The molecule has 0 saturated carbocycles. The van der Waals surface area contributed by atoms with Gasteiger partial charge in [-0.1, -0.05) is 41.4 Å². The SMILES string of the molecule is CCOC(=O)/C=C/C(=O)N(CC1=CCC(OC)C=C1OC)c1ccc(Cl)cc1C(O)c1cccc(OC)c1Cl. The average molecular weight is 576 g/mol. The maximum Gasteiger partial charge on any atom is 0.330 e. The Morgan fingerprint density at radius 1 is 1.10 bits per heavy atom. The molecule has 0 aromatic heterocycles. The van der Waals surface area contributed by atoms with Crippen LogP contribution < -0.4 is 9.64 Å². The Labute approximate surface area is 238 Å². The second kappa shape index (κ2) is 14.2. The fraction of sp³-hybridized carbons (Fsp3) is 0.310. The Hall–Kier alpha value is -3.30. The van der Waals surface area contributed by atoms with Crippen molar-refractivity contribution in [3.8, 4) is 5.75 Å². The van der Waals surface area contributed by atoms with E-state index in [4.69, 9.17) is 42.1 Å². The van der Waals surface area contributed by atoms with E-state index in [-0.39, 0.29) is 24.3 Å². The van der Waals surface area contributed by atoms with Gasteiger partial charge in [-0.15, -0.1) is 0 Å². The first-order chi connectivity index (χ1) is 18.7. The summed E-state index contributed by atoms with van der Waals surface area (Å²) in [5.41, 5.74) is 1.77. The molecule has 3 rings (SSSR count). The lowest BCUT2D eigenvalue weighted by Crippen LogP contribution is -2.34. The molecule has 0 bridgehead atoms. The van der Waals surface area contributed by atoms with Crippen molar-refractivity contribution in [1.29, 1.82) is 0 Å². The van der Waals surface area contributed by atoms with Gasteiger partial charge in [0.25, 0.3) is 5.91 Å². The van der Waals surface area contributed by atoms with Gasteiger partial charge in [0.15, 0.2) is 0 Å². The highest BCUT2D eigenvalue weighted by molar-refractivity contribution is 6.33. The maximum absolute atomic E-state index is 13.6. The zero-order valence-electron chi connectivity index (χ0n) is 22.1. The van der Waals surface area contributed by atoms with Crippen molar-refractivity contribution in [3.63, 3.8) is 0 Å². The lowest BCUT2D eigenvalue weighted by molar-refractivity contribution is -0.137. The van der Waals surface area contributed by atoms with E-state index in [1.165, 1.54) is 19.1 Å². The molecule has 2 aromatic rings. The number of methoxy groups -OCH3 is 3. The second-order valence-electron chi connectivity index (χ2n) is 8.45. The molecule has 1 amide bonds. The molecule has 1 aliphatic carbocycles. The van der Waals surface area contributed by atoms with E-state index in [0.717, 1.165) is 17.7 Å². The minimum atomic E-state index is -1.26. The van der Waals surface area contributed by atoms with Crippen molar-refractivity contribution in [3.05, 3.63) is 93.2 Å². The van der Waals surface area contributed by atoms with E-state index in [1.807, 2.05) is 12.2 Å². The number of ether oxygens (including phenoxy) is 4. The van der Waals surface area contributed by atoms with E-state index in [1.54, 1.807) is 50.4 Å². The molecule has 39 heavy (non-hydrogen) atoms. The number of esters is 1. The minimum absolute atomic E-state index is 0.0648. The number of hydrogen-bond acceptors (Lipinski definition) is 7. The molecule has 0 fully saturated rings. The summed E-state index contributed by atoms with van der Waals surface area (Å²) in [6.45, 7) is 1.91. The number of hydrogen-bond donors (Lipinski definition) is 1. The third-order valence-corrected chi connectivity index (χ3v) is 6.74. The van der Waals surface area contributed by atoms with Crippen LogP contribution in [0.25, 0.3) is 0 Å². The van der Waals surface area contributed by atoms with Gasteiger partial charge in [-0.2, -0.15) is 0 Å². The van der Waals surface area contributed by atoms with Gasteiger partial charge < -0.3 is 29.0 Å². The summed E-state index contributed by atoms with van der Waals surface area (Å²) in [5.74, 6) is -0.243. The van der Waals surface area contributed by atoms with Crippen molar-refractivity contribution >= 4 is 40.8 Å². The number of anilines is 1. The van der Waals surface area contributed by atoms with Gasteiger partial charge in [0.05, 0.1) is 44.2 Å². The maximum atomic E-state index is 13.6. The first kappa shape index (κ1) is 30.2. The molecule has 10 heteroatoms. The van der Waals surface area contributed by atoms with Gasteiger partial charge >= 0.3 is 5.97 Å². The van der Waals surface area contributed by atoms with Crippen LogP contribution in [0.5, 0.6) is 5.75 Å². The fourth-order valence-electron chi connectivity index (χ4n) is 4.13. The monoisotopic (exact) mass is 575 g/mol. The molecule has 0 heterocycles. The lowest BCUT2D eigenvalue weighted by Gasteiger charge is -2.29.